The Balaban J connectivity index is 2.04. The van der Waals surface area contributed by atoms with Crippen LogP contribution in [0.1, 0.15) is 26.3 Å². The number of carbonyl (C=O) groups excluding carboxylic acids is 2. The smallest absolute Gasteiger partial charge is 0.278 e. The maximum atomic E-state index is 13.1. The van der Waals surface area contributed by atoms with Gasteiger partial charge in [0.1, 0.15) is 11.4 Å². The van der Waals surface area contributed by atoms with Crippen LogP contribution in [0.2, 0.25) is 0 Å². The average Bonchev–Trinajstić information content (AvgIpc) is 2.87. The Morgan fingerprint density at radius 3 is 2.33 bits per heavy atom. The van der Waals surface area contributed by atoms with Gasteiger partial charge in [0, 0.05) is 19.6 Å². The molecule has 6 nitrogen and oxygen atoms in total. The molecule has 2 atom stereocenters. The Kier molecular flexibility index (Phi) is 5.65. The molecule has 0 N–H and O–H groups in total. The van der Waals surface area contributed by atoms with E-state index in [9.17, 15) is 9.59 Å². The van der Waals surface area contributed by atoms with Gasteiger partial charge in [0.25, 0.3) is 11.8 Å². The number of hydrogen-bond donors (Lipinski definition) is 0. The maximum absolute atomic E-state index is 13.1. The van der Waals surface area contributed by atoms with Gasteiger partial charge in [-0.15, -0.1) is 6.58 Å². The minimum absolute atomic E-state index is 0.0146. The van der Waals surface area contributed by atoms with Crippen molar-refractivity contribution < 1.29 is 19.1 Å². The van der Waals surface area contributed by atoms with Gasteiger partial charge < -0.3 is 14.4 Å². The van der Waals surface area contributed by atoms with Crippen LogP contribution in [0.3, 0.4) is 0 Å². The molecule has 1 aromatic carbocycles. The van der Waals surface area contributed by atoms with Gasteiger partial charge in [-0.3, -0.25) is 14.5 Å². The number of ether oxygens (including phenoxy) is 2. The van der Waals surface area contributed by atoms with E-state index in [1.54, 1.807) is 6.08 Å². The fourth-order valence-corrected chi connectivity index (χ4v) is 3.66. The van der Waals surface area contributed by atoms with Crippen molar-refractivity contribution in [2.75, 3.05) is 26.2 Å². The molecule has 2 heterocycles. The minimum atomic E-state index is -0.286. The summed E-state index contributed by atoms with van der Waals surface area (Å²) >= 11 is 0. The van der Waals surface area contributed by atoms with Crippen LogP contribution in [0.15, 0.2) is 42.6 Å². The van der Waals surface area contributed by atoms with Crippen LogP contribution >= 0.6 is 0 Å². The van der Waals surface area contributed by atoms with Crippen molar-refractivity contribution in [2.24, 2.45) is 0 Å². The molecule has 6 heteroatoms. The van der Waals surface area contributed by atoms with Gasteiger partial charge in [0.2, 0.25) is 0 Å². The predicted molar refractivity (Wildman–Crippen MR) is 103 cm³/mol. The lowest BCUT2D eigenvalue weighted by Gasteiger charge is -2.37. The van der Waals surface area contributed by atoms with Crippen molar-refractivity contribution >= 4 is 17.4 Å². The normalized spacial score (nSPS) is 23.2. The van der Waals surface area contributed by atoms with Crippen molar-refractivity contribution in [1.82, 2.24) is 9.80 Å². The molecule has 2 amide bonds. The van der Waals surface area contributed by atoms with Gasteiger partial charge in [0.05, 0.1) is 24.4 Å². The van der Waals surface area contributed by atoms with Gasteiger partial charge in [0.15, 0.2) is 0 Å². The summed E-state index contributed by atoms with van der Waals surface area (Å²) < 4.78 is 11.3. The zero-order valence-corrected chi connectivity index (χ0v) is 16.1. The van der Waals surface area contributed by atoms with Crippen molar-refractivity contribution in [3.63, 3.8) is 0 Å². The number of amides is 2. The lowest BCUT2D eigenvalue weighted by Crippen LogP contribution is -2.47. The molecule has 2 aliphatic rings. The van der Waals surface area contributed by atoms with Gasteiger partial charge in [-0.05, 0) is 38.5 Å². The van der Waals surface area contributed by atoms with E-state index in [4.69, 9.17) is 9.47 Å². The van der Waals surface area contributed by atoms with Gasteiger partial charge in [-0.25, -0.2) is 0 Å². The third-order valence-corrected chi connectivity index (χ3v) is 4.65. The highest BCUT2D eigenvalue weighted by Crippen LogP contribution is 2.33. The highest BCUT2D eigenvalue weighted by molar-refractivity contribution is 6.35. The summed E-state index contributed by atoms with van der Waals surface area (Å²) in [4.78, 5) is 29.3. The standard InChI is InChI=1S/C21H26N2O4/c1-5-11-23-20(24)18(16-7-9-17(10-8-16)26-6-2)19(21(23)25)22-12-14(3)27-15(4)13-22/h5,7-10,14-15H,1,6,11-13H2,2-4H3. The summed E-state index contributed by atoms with van der Waals surface area (Å²) in [5.41, 5.74) is 1.60. The van der Waals surface area contributed by atoms with E-state index in [0.717, 1.165) is 5.75 Å². The lowest BCUT2D eigenvalue weighted by molar-refractivity contribution is -0.137. The van der Waals surface area contributed by atoms with E-state index in [-0.39, 0.29) is 30.6 Å². The molecular weight excluding hydrogens is 344 g/mol. The first-order valence-corrected chi connectivity index (χ1v) is 9.31. The van der Waals surface area contributed by atoms with E-state index in [1.165, 1.54) is 4.90 Å². The van der Waals surface area contributed by atoms with E-state index in [1.807, 2.05) is 49.9 Å². The van der Waals surface area contributed by atoms with E-state index in [2.05, 4.69) is 6.58 Å². The SMILES string of the molecule is C=CCN1C(=O)C(c2ccc(OCC)cc2)=C(N2CC(C)OC(C)C2)C1=O. The van der Waals surface area contributed by atoms with Crippen LogP contribution < -0.4 is 4.74 Å². The number of rotatable bonds is 6. The number of carbonyl (C=O) groups is 2. The van der Waals surface area contributed by atoms with Crippen molar-refractivity contribution in [3.05, 3.63) is 48.2 Å². The first-order valence-electron chi connectivity index (χ1n) is 9.31. The van der Waals surface area contributed by atoms with Gasteiger partial charge in [-0.2, -0.15) is 0 Å². The molecule has 27 heavy (non-hydrogen) atoms. The summed E-state index contributed by atoms with van der Waals surface area (Å²) in [6.45, 7) is 11.4. The zero-order chi connectivity index (χ0) is 19.6. The second kappa shape index (κ2) is 7.96. The molecule has 2 unspecified atom stereocenters. The molecule has 2 aliphatic heterocycles. The van der Waals surface area contributed by atoms with E-state index >= 15 is 0 Å². The fourth-order valence-electron chi connectivity index (χ4n) is 3.66. The fraction of sp³-hybridized carbons (Fsp3) is 0.429. The van der Waals surface area contributed by atoms with Gasteiger partial charge in [-0.1, -0.05) is 18.2 Å². The molecule has 0 aliphatic carbocycles. The minimum Gasteiger partial charge on any atom is -0.494 e. The molecular formula is C21H26N2O4. The van der Waals surface area contributed by atoms with Crippen molar-refractivity contribution in [2.45, 2.75) is 33.0 Å². The van der Waals surface area contributed by atoms with E-state index in [0.29, 0.717) is 36.5 Å². The zero-order valence-electron chi connectivity index (χ0n) is 16.1. The monoisotopic (exact) mass is 370 g/mol. The predicted octanol–water partition coefficient (Wildman–Crippen LogP) is 2.46. The Morgan fingerprint density at radius 1 is 1.15 bits per heavy atom. The molecule has 1 fully saturated rings. The average molecular weight is 370 g/mol. The molecule has 1 aromatic rings. The third kappa shape index (κ3) is 3.76. The molecule has 0 saturated carbocycles. The molecule has 144 valence electrons. The van der Waals surface area contributed by atoms with Crippen LogP contribution in [0.4, 0.5) is 0 Å². The molecule has 0 spiro atoms. The Hall–Kier alpha value is -2.60. The highest BCUT2D eigenvalue weighted by Gasteiger charge is 2.42. The lowest BCUT2D eigenvalue weighted by atomic mass is 10.0. The van der Waals surface area contributed by atoms with Crippen molar-refractivity contribution in [3.8, 4) is 5.75 Å². The Labute approximate surface area is 160 Å². The van der Waals surface area contributed by atoms with Crippen LogP contribution in [0.5, 0.6) is 5.75 Å². The van der Waals surface area contributed by atoms with Crippen LogP contribution in [-0.4, -0.2) is 60.1 Å². The maximum Gasteiger partial charge on any atom is 0.278 e. The van der Waals surface area contributed by atoms with Crippen LogP contribution in [0.25, 0.3) is 5.57 Å². The summed E-state index contributed by atoms with van der Waals surface area (Å²) in [6.07, 6.45) is 1.54. The summed E-state index contributed by atoms with van der Waals surface area (Å²) in [7, 11) is 0. The van der Waals surface area contributed by atoms with Gasteiger partial charge >= 0.3 is 0 Å². The van der Waals surface area contributed by atoms with Crippen molar-refractivity contribution in [1.29, 1.82) is 0 Å². The van der Waals surface area contributed by atoms with Crippen LogP contribution in [-0.2, 0) is 14.3 Å². The second-order valence-corrected chi connectivity index (χ2v) is 6.85. The number of nitrogens with zero attached hydrogens (tertiary/aromatic N) is 2. The second-order valence-electron chi connectivity index (χ2n) is 6.85. The summed E-state index contributed by atoms with van der Waals surface area (Å²) in [6, 6.07) is 7.30. The summed E-state index contributed by atoms with van der Waals surface area (Å²) in [5, 5.41) is 0. The molecule has 3 rings (SSSR count). The number of morpholine rings is 1. The number of imide groups is 1. The molecule has 1 saturated heterocycles. The molecule has 0 radical (unpaired) electrons. The first kappa shape index (κ1) is 19.2. The number of hydrogen-bond acceptors (Lipinski definition) is 5. The molecule has 0 aromatic heterocycles. The summed E-state index contributed by atoms with van der Waals surface area (Å²) in [5.74, 6) is 0.174. The Morgan fingerprint density at radius 2 is 1.78 bits per heavy atom. The first-order chi connectivity index (χ1) is 13.0. The Bertz CT molecular complexity index is 759. The third-order valence-electron chi connectivity index (χ3n) is 4.65. The highest BCUT2D eigenvalue weighted by atomic mass is 16.5. The van der Waals surface area contributed by atoms with E-state index < -0.39 is 0 Å². The largest absolute Gasteiger partial charge is 0.494 e. The molecule has 0 bridgehead atoms. The quantitative estimate of drug-likeness (QED) is 0.569. The topological polar surface area (TPSA) is 59.1 Å². The van der Waals surface area contributed by atoms with Crippen LogP contribution in [0, 0.1) is 0 Å². The number of benzene rings is 1.